The van der Waals surface area contributed by atoms with E-state index >= 15 is 0 Å². The Morgan fingerprint density at radius 1 is 0.800 bits per heavy atom. The van der Waals surface area contributed by atoms with Crippen molar-refractivity contribution in [3.63, 3.8) is 0 Å². The summed E-state index contributed by atoms with van der Waals surface area (Å²) in [6, 6.07) is 22.3. The third kappa shape index (κ3) is 5.38. The largest absolute Gasteiger partial charge is 0.493 e. The number of rotatable bonds is 8. The van der Waals surface area contributed by atoms with Gasteiger partial charge < -0.3 is 19.5 Å². The third-order valence-electron chi connectivity index (χ3n) is 4.50. The summed E-state index contributed by atoms with van der Waals surface area (Å²) in [7, 11) is 3.11. The average molecular weight is 405 g/mol. The smallest absolute Gasteiger partial charge is 0.338 e. The Hall–Kier alpha value is -3.80. The Morgan fingerprint density at radius 2 is 1.47 bits per heavy atom. The lowest BCUT2D eigenvalue weighted by Gasteiger charge is -2.10. The fraction of sp³-hybridized carbons (Fsp3) is 0.167. The van der Waals surface area contributed by atoms with E-state index in [-0.39, 0.29) is 19.1 Å². The van der Waals surface area contributed by atoms with Gasteiger partial charge in [0.25, 0.3) is 5.91 Å². The zero-order chi connectivity index (χ0) is 21.3. The standard InChI is InChI=1S/C24H23NO5/c1-28-21-13-8-17(14-22(21)29-2)15-25-23(26)16-30-24(27)20-11-9-19(10-12-20)18-6-4-3-5-7-18/h3-14H,15-16H2,1-2H3,(H,25,26). The molecule has 6 nitrogen and oxygen atoms in total. The van der Waals surface area contributed by atoms with Crippen molar-refractivity contribution in [1.29, 1.82) is 0 Å². The van der Waals surface area contributed by atoms with E-state index in [9.17, 15) is 9.59 Å². The zero-order valence-corrected chi connectivity index (χ0v) is 16.9. The summed E-state index contributed by atoms with van der Waals surface area (Å²) in [5.74, 6) is 0.254. The second-order valence-electron chi connectivity index (χ2n) is 6.49. The highest BCUT2D eigenvalue weighted by molar-refractivity contribution is 5.91. The molecule has 0 aliphatic rings. The summed E-state index contributed by atoms with van der Waals surface area (Å²) in [5, 5.41) is 2.71. The van der Waals surface area contributed by atoms with E-state index in [0.717, 1.165) is 16.7 Å². The lowest BCUT2D eigenvalue weighted by Crippen LogP contribution is -2.28. The summed E-state index contributed by atoms with van der Waals surface area (Å²) in [5.41, 5.74) is 3.29. The fourth-order valence-electron chi connectivity index (χ4n) is 2.89. The summed E-state index contributed by atoms with van der Waals surface area (Å²) >= 11 is 0. The number of esters is 1. The van der Waals surface area contributed by atoms with Crippen LogP contribution < -0.4 is 14.8 Å². The number of methoxy groups -OCH3 is 2. The van der Waals surface area contributed by atoms with Crippen molar-refractivity contribution in [2.75, 3.05) is 20.8 Å². The highest BCUT2D eigenvalue weighted by Crippen LogP contribution is 2.27. The van der Waals surface area contributed by atoms with Crippen LogP contribution in [0, 0.1) is 0 Å². The Bertz CT molecular complexity index is 1000. The van der Waals surface area contributed by atoms with Crippen LogP contribution in [0.5, 0.6) is 11.5 Å². The van der Waals surface area contributed by atoms with Crippen molar-refractivity contribution in [1.82, 2.24) is 5.32 Å². The molecule has 3 rings (SSSR count). The van der Waals surface area contributed by atoms with Gasteiger partial charge in [0.05, 0.1) is 19.8 Å². The van der Waals surface area contributed by atoms with E-state index < -0.39 is 5.97 Å². The minimum absolute atomic E-state index is 0.280. The molecule has 1 amide bonds. The molecule has 3 aromatic carbocycles. The molecule has 0 fully saturated rings. The summed E-state index contributed by atoms with van der Waals surface area (Å²) in [6.45, 7) is -0.0743. The van der Waals surface area contributed by atoms with E-state index in [2.05, 4.69) is 5.32 Å². The first-order valence-corrected chi connectivity index (χ1v) is 9.41. The normalized spacial score (nSPS) is 10.2. The number of amides is 1. The molecule has 0 atom stereocenters. The number of hydrogen-bond acceptors (Lipinski definition) is 5. The first-order valence-electron chi connectivity index (χ1n) is 9.41. The number of ether oxygens (including phenoxy) is 3. The van der Waals surface area contributed by atoms with Crippen LogP contribution in [0.25, 0.3) is 11.1 Å². The molecule has 30 heavy (non-hydrogen) atoms. The maximum atomic E-state index is 12.2. The Balaban J connectivity index is 1.49. The van der Waals surface area contributed by atoms with Gasteiger partial charge in [-0.25, -0.2) is 4.79 Å². The Morgan fingerprint density at radius 3 is 2.13 bits per heavy atom. The molecule has 0 saturated heterocycles. The van der Waals surface area contributed by atoms with Gasteiger partial charge in [0.15, 0.2) is 18.1 Å². The fourth-order valence-corrected chi connectivity index (χ4v) is 2.89. The van der Waals surface area contributed by atoms with Gasteiger partial charge in [-0.05, 0) is 41.0 Å². The van der Waals surface area contributed by atoms with Crippen LogP contribution >= 0.6 is 0 Å². The molecule has 1 N–H and O–H groups in total. The number of nitrogens with one attached hydrogen (secondary N) is 1. The highest BCUT2D eigenvalue weighted by Gasteiger charge is 2.11. The SMILES string of the molecule is COc1ccc(CNC(=O)COC(=O)c2ccc(-c3ccccc3)cc2)cc1OC. The molecule has 0 aromatic heterocycles. The quantitative estimate of drug-likeness (QED) is 0.577. The Kier molecular flexibility index (Phi) is 7.05. The van der Waals surface area contributed by atoms with Crippen LogP contribution in [0.3, 0.4) is 0 Å². The highest BCUT2D eigenvalue weighted by atomic mass is 16.5. The van der Waals surface area contributed by atoms with E-state index in [1.165, 1.54) is 0 Å². The van der Waals surface area contributed by atoms with Crippen LogP contribution in [-0.2, 0) is 16.1 Å². The Labute approximate surface area is 175 Å². The summed E-state index contributed by atoms with van der Waals surface area (Å²) < 4.78 is 15.5. The van der Waals surface area contributed by atoms with Crippen molar-refractivity contribution in [2.24, 2.45) is 0 Å². The molecule has 3 aromatic rings. The molecule has 6 heteroatoms. The van der Waals surface area contributed by atoms with Crippen LogP contribution in [0.1, 0.15) is 15.9 Å². The van der Waals surface area contributed by atoms with Crippen molar-refractivity contribution >= 4 is 11.9 Å². The second kappa shape index (κ2) is 10.1. The van der Waals surface area contributed by atoms with Gasteiger partial charge in [0, 0.05) is 6.54 Å². The van der Waals surface area contributed by atoms with Crippen molar-refractivity contribution in [3.05, 3.63) is 83.9 Å². The van der Waals surface area contributed by atoms with Crippen molar-refractivity contribution in [2.45, 2.75) is 6.54 Å². The molecule has 0 aliphatic heterocycles. The maximum absolute atomic E-state index is 12.2. The van der Waals surface area contributed by atoms with Crippen molar-refractivity contribution < 1.29 is 23.8 Å². The summed E-state index contributed by atoms with van der Waals surface area (Å²) in [6.07, 6.45) is 0. The molecule has 0 unspecified atom stereocenters. The van der Waals surface area contributed by atoms with Crippen LogP contribution in [-0.4, -0.2) is 32.7 Å². The molecular formula is C24H23NO5. The second-order valence-corrected chi connectivity index (χ2v) is 6.49. The van der Waals surface area contributed by atoms with Crippen LogP contribution in [0.15, 0.2) is 72.8 Å². The van der Waals surface area contributed by atoms with E-state index in [1.807, 2.05) is 48.5 Å². The number of carbonyl (C=O) groups is 2. The third-order valence-corrected chi connectivity index (χ3v) is 4.50. The van der Waals surface area contributed by atoms with Gasteiger partial charge in [-0.2, -0.15) is 0 Å². The maximum Gasteiger partial charge on any atom is 0.338 e. The van der Waals surface area contributed by atoms with Gasteiger partial charge in [0.2, 0.25) is 0 Å². The number of hydrogen-bond donors (Lipinski definition) is 1. The first-order chi connectivity index (χ1) is 14.6. The molecule has 0 bridgehead atoms. The lowest BCUT2D eigenvalue weighted by atomic mass is 10.0. The molecule has 154 valence electrons. The van der Waals surface area contributed by atoms with Gasteiger partial charge in [0.1, 0.15) is 0 Å². The molecule has 0 aliphatic carbocycles. The molecule has 0 saturated carbocycles. The van der Waals surface area contributed by atoms with Crippen LogP contribution in [0.4, 0.5) is 0 Å². The van der Waals surface area contributed by atoms with Crippen LogP contribution in [0.2, 0.25) is 0 Å². The van der Waals surface area contributed by atoms with Gasteiger partial charge in [-0.1, -0.05) is 48.5 Å². The minimum atomic E-state index is -0.545. The van der Waals surface area contributed by atoms with Crippen molar-refractivity contribution in [3.8, 4) is 22.6 Å². The average Bonchev–Trinajstić information content (AvgIpc) is 2.81. The van der Waals surface area contributed by atoms with Gasteiger partial charge in [-0.3, -0.25) is 4.79 Å². The number of benzene rings is 3. The molecule has 0 radical (unpaired) electrons. The first kappa shape index (κ1) is 20.9. The summed E-state index contributed by atoms with van der Waals surface area (Å²) in [4.78, 5) is 24.2. The molecule has 0 spiro atoms. The number of carbonyl (C=O) groups excluding carboxylic acids is 2. The van der Waals surface area contributed by atoms with Gasteiger partial charge >= 0.3 is 5.97 Å². The predicted molar refractivity (Wildman–Crippen MR) is 114 cm³/mol. The van der Waals surface area contributed by atoms with E-state index in [4.69, 9.17) is 14.2 Å². The van der Waals surface area contributed by atoms with Gasteiger partial charge in [-0.15, -0.1) is 0 Å². The molecule has 0 heterocycles. The van der Waals surface area contributed by atoms with E-state index in [1.54, 1.807) is 38.5 Å². The molecular weight excluding hydrogens is 382 g/mol. The monoisotopic (exact) mass is 405 g/mol. The predicted octanol–water partition coefficient (Wildman–Crippen LogP) is 3.84. The topological polar surface area (TPSA) is 73.9 Å². The van der Waals surface area contributed by atoms with E-state index in [0.29, 0.717) is 17.1 Å². The lowest BCUT2D eigenvalue weighted by molar-refractivity contribution is -0.124. The zero-order valence-electron chi connectivity index (χ0n) is 16.9. The minimum Gasteiger partial charge on any atom is -0.493 e.